The van der Waals surface area contributed by atoms with Crippen LogP contribution in [0.3, 0.4) is 0 Å². The van der Waals surface area contributed by atoms with E-state index >= 15 is 0 Å². The molecule has 4 atom stereocenters. The third kappa shape index (κ3) is 3.06. The van der Waals surface area contributed by atoms with Crippen LogP contribution in [0.2, 0.25) is 0 Å². The average Bonchev–Trinajstić information content (AvgIpc) is 2.55. The minimum absolute atomic E-state index is 0.0414. The predicted octanol–water partition coefficient (Wildman–Crippen LogP) is -3.01. The number of rotatable bonds is 3. The lowest BCUT2D eigenvalue weighted by Gasteiger charge is -2.37. The van der Waals surface area contributed by atoms with Gasteiger partial charge in [-0.25, -0.2) is 4.79 Å². The number of nitrogens with one attached hydrogen (secondary N) is 1. The highest BCUT2D eigenvalue weighted by molar-refractivity contribution is 6.28. The summed E-state index contributed by atoms with van der Waals surface area (Å²) in [6.45, 7) is -0.485. The van der Waals surface area contributed by atoms with Crippen molar-refractivity contribution in [3.05, 3.63) is 11.8 Å². The van der Waals surface area contributed by atoms with Crippen molar-refractivity contribution < 1.29 is 34.4 Å². The molecule has 2 heterocycles. The van der Waals surface area contributed by atoms with Gasteiger partial charge in [-0.1, -0.05) is 0 Å². The van der Waals surface area contributed by atoms with Gasteiger partial charge in [-0.2, -0.15) is 0 Å². The quantitative estimate of drug-likeness (QED) is 0.317. The maximum atomic E-state index is 12.0. The number of nitrogens with zero attached hydrogens (tertiary/aromatic N) is 2. The minimum atomic E-state index is -1.31. The first-order chi connectivity index (χ1) is 10.8. The molecular formula is C13H19N3O7. The molecule has 0 aromatic carbocycles. The Morgan fingerprint density at radius 3 is 2.26 bits per heavy atom. The van der Waals surface area contributed by atoms with Gasteiger partial charge < -0.3 is 25.4 Å². The van der Waals surface area contributed by atoms with Crippen LogP contribution in [0, 0.1) is 0 Å². The number of hydrogen-bond acceptors (Lipinski definition) is 8. The Morgan fingerprint density at radius 2 is 1.74 bits per heavy atom. The van der Waals surface area contributed by atoms with Crippen LogP contribution in [0.5, 0.6) is 0 Å². The van der Waals surface area contributed by atoms with Crippen LogP contribution in [0.1, 0.15) is 0 Å². The third-order valence-corrected chi connectivity index (χ3v) is 3.90. The average molecular weight is 329 g/mol. The predicted molar refractivity (Wildman–Crippen MR) is 74.8 cm³/mol. The van der Waals surface area contributed by atoms with Gasteiger partial charge in [0, 0.05) is 20.3 Å². The van der Waals surface area contributed by atoms with Crippen molar-refractivity contribution in [3.63, 3.8) is 0 Å². The highest BCUT2D eigenvalue weighted by atomic mass is 16.5. The third-order valence-electron chi connectivity index (χ3n) is 3.90. The number of barbiturate groups is 1. The summed E-state index contributed by atoms with van der Waals surface area (Å²) >= 11 is 0. The number of ether oxygens (including phenoxy) is 1. The van der Waals surface area contributed by atoms with Gasteiger partial charge >= 0.3 is 6.03 Å². The maximum absolute atomic E-state index is 12.0. The zero-order valence-corrected chi connectivity index (χ0v) is 12.7. The lowest BCUT2D eigenvalue weighted by atomic mass is 9.98. The van der Waals surface area contributed by atoms with Crippen molar-refractivity contribution in [2.24, 2.45) is 0 Å². The lowest BCUT2D eigenvalue weighted by Crippen LogP contribution is -2.58. The summed E-state index contributed by atoms with van der Waals surface area (Å²) in [4.78, 5) is 37.2. The fourth-order valence-corrected chi connectivity index (χ4v) is 2.36. The van der Waals surface area contributed by atoms with E-state index in [1.807, 2.05) is 0 Å². The van der Waals surface area contributed by atoms with Crippen molar-refractivity contribution in [3.8, 4) is 0 Å². The molecule has 0 aliphatic carbocycles. The molecule has 0 aromatic rings. The molecule has 2 aliphatic rings. The van der Waals surface area contributed by atoms with E-state index in [1.54, 1.807) is 0 Å². The molecule has 128 valence electrons. The number of carbonyl (C=O) groups excluding carboxylic acids is 3. The molecule has 23 heavy (non-hydrogen) atoms. The van der Waals surface area contributed by atoms with Gasteiger partial charge in [-0.05, 0) is 0 Å². The van der Waals surface area contributed by atoms with Gasteiger partial charge in [0.1, 0.15) is 23.9 Å². The van der Waals surface area contributed by atoms with Crippen LogP contribution in [0.25, 0.3) is 0 Å². The summed E-state index contributed by atoms with van der Waals surface area (Å²) < 4.78 is 5.18. The first kappa shape index (κ1) is 17.3. The summed E-state index contributed by atoms with van der Waals surface area (Å²) in [6, 6.07) is -1.52. The molecule has 0 aromatic heterocycles. The fourth-order valence-electron chi connectivity index (χ4n) is 2.36. The molecule has 0 spiro atoms. The Balaban J connectivity index is 2.11. The molecule has 2 fully saturated rings. The highest BCUT2D eigenvalue weighted by Gasteiger charge is 2.40. The van der Waals surface area contributed by atoms with Gasteiger partial charge in [0.25, 0.3) is 11.8 Å². The lowest BCUT2D eigenvalue weighted by molar-refractivity contribution is -0.159. The number of aliphatic hydroxyl groups excluding tert-OH is 3. The van der Waals surface area contributed by atoms with E-state index in [0.29, 0.717) is 0 Å². The summed E-state index contributed by atoms with van der Waals surface area (Å²) in [5, 5.41) is 31.4. The molecular weight excluding hydrogens is 310 g/mol. The van der Waals surface area contributed by atoms with Crippen LogP contribution in [0.15, 0.2) is 11.8 Å². The van der Waals surface area contributed by atoms with Crippen molar-refractivity contribution in [1.82, 2.24) is 15.1 Å². The number of urea groups is 1. The number of likely N-dealkylation sites (N-methyl/N-ethyl adjacent to an activating group) is 2. The number of imide groups is 2. The summed E-state index contributed by atoms with van der Waals surface area (Å²) in [6.07, 6.45) is -2.38. The van der Waals surface area contributed by atoms with Crippen LogP contribution >= 0.6 is 0 Å². The number of hydrogen-bond donors (Lipinski definition) is 4. The van der Waals surface area contributed by atoms with Crippen molar-refractivity contribution in [2.75, 3.05) is 27.3 Å². The second-order valence-electron chi connectivity index (χ2n) is 5.38. The van der Waals surface area contributed by atoms with E-state index in [-0.39, 0.29) is 12.2 Å². The Kier molecular flexibility index (Phi) is 5.00. The smallest absolute Gasteiger partial charge is 0.333 e. The van der Waals surface area contributed by atoms with Gasteiger partial charge in [0.2, 0.25) is 0 Å². The van der Waals surface area contributed by atoms with Gasteiger partial charge in [0.05, 0.1) is 19.3 Å². The number of amides is 4. The normalized spacial score (nSPS) is 32.4. The number of aliphatic hydroxyl groups is 3. The Hall–Kier alpha value is -2.01. The topological polar surface area (TPSA) is 140 Å². The minimum Gasteiger partial charge on any atom is -0.394 e. The van der Waals surface area contributed by atoms with Crippen molar-refractivity contribution in [2.45, 2.75) is 24.4 Å². The SMILES string of the molecule is CN1C(=O)C(=CNC2COC(CO)[C@@H](O)[C@@H]2O)C(=O)N(C)C1=O. The van der Waals surface area contributed by atoms with Crippen LogP contribution < -0.4 is 5.32 Å². The summed E-state index contributed by atoms with van der Waals surface area (Å²) in [5.74, 6) is -1.55. The Labute approximate surface area is 131 Å². The second kappa shape index (κ2) is 6.62. The molecule has 0 saturated carbocycles. The highest BCUT2D eigenvalue weighted by Crippen LogP contribution is 2.17. The van der Waals surface area contributed by atoms with Gasteiger partial charge in [0.15, 0.2) is 0 Å². The molecule has 10 heteroatoms. The van der Waals surface area contributed by atoms with E-state index in [0.717, 1.165) is 16.0 Å². The zero-order valence-electron chi connectivity index (χ0n) is 12.7. The van der Waals surface area contributed by atoms with Crippen LogP contribution in [-0.4, -0.2) is 94.6 Å². The van der Waals surface area contributed by atoms with Crippen molar-refractivity contribution >= 4 is 17.8 Å². The largest absolute Gasteiger partial charge is 0.394 e. The van der Waals surface area contributed by atoms with E-state index in [2.05, 4.69) is 5.32 Å². The van der Waals surface area contributed by atoms with Gasteiger partial charge in [-0.3, -0.25) is 19.4 Å². The fraction of sp³-hybridized carbons (Fsp3) is 0.615. The van der Waals surface area contributed by atoms with Crippen LogP contribution in [0.4, 0.5) is 4.79 Å². The molecule has 10 nitrogen and oxygen atoms in total. The van der Waals surface area contributed by atoms with Crippen molar-refractivity contribution in [1.29, 1.82) is 0 Å². The number of carbonyl (C=O) groups is 3. The molecule has 2 rings (SSSR count). The molecule has 0 radical (unpaired) electrons. The molecule has 2 aliphatic heterocycles. The second-order valence-corrected chi connectivity index (χ2v) is 5.38. The monoisotopic (exact) mass is 329 g/mol. The molecule has 4 amide bonds. The molecule has 2 saturated heterocycles. The van der Waals surface area contributed by atoms with Crippen LogP contribution in [-0.2, 0) is 14.3 Å². The first-order valence-electron chi connectivity index (χ1n) is 6.94. The zero-order chi connectivity index (χ0) is 17.3. The van der Waals surface area contributed by atoms with E-state index in [9.17, 15) is 24.6 Å². The summed E-state index contributed by atoms with van der Waals surface area (Å²) in [7, 11) is 2.49. The van der Waals surface area contributed by atoms with Gasteiger partial charge in [-0.15, -0.1) is 0 Å². The maximum Gasteiger partial charge on any atom is 0.333 e. The van der Waals surface area contributed by atoms with E-state index in [4.69, 9.17) is 9.84 Å². The Morgan fingerprint density at radius 1 is 1.17 bits per heavy atom. The van der Waals surface area contributed by atoms with E-state index < -0.39 is 48.8 Å². The molecule has 0 bridgehead atoms. The van der Waals surface area contributed by atoms with E-state index in [1.165, 1.54) is 14.1 Å². The molecule has 2 unspecified atom stereocenters. The molecule has 4 N–H and O–H groups in total. The summed E-state index contributed by atoms with van der Waals surface area (Å²) in [5.41, 5.74) is -0.277. The standard InChI is InChI=1S/C13H19N3O7/c1-15-11(20)6(12(21)16(2)13(15)22)3-14-7-5-23-8(4-17)10(19)9(7)18/h3,7-10,14,17-19H,4-5H2,1-2H3/t7?,8?,9-,10-/m1/s1. The Bertz CT molecular complexity index is 524. The first-order valence-corrected chi connectivity index (χ1v) is 6.94.